The number of aromatic nitrogens is 2. The predicted molar refractivity (Wildman–Crippen MR) is 80.9 cm³/mol. The summed E-state index contributed by atoms with van der Waals surface area (Å²) in [6, 6.07) is 0.340. The molecule has 0 radical (unpaired) electrons. The molecule has 1 unspecified atom stereocenters. The van der Waals surface area contributed by atoms with Crippen molar-refractivity contribution < 1.29 is 17.9 Å². The summed E-state index contributed by atoms with van der Waals surface area (Å²) in [6.07, 6.45) is 5.39. The number of hydrogen-bond donors (Lipinski definition) is 3. The van der Waals surface area contributed by atoms with Crippen molar-refractivity contribution in [2.45, 2.75) is 44.8 Å². The highest BCUT2D eigenvalue weighted by Gasteiger charge is 2.24. The van der Waals surface area contributed by atoms with Gasteiger partial charge in [-0.3, -0.25) is 14.3 Å². The van der Waals surface area contributed by atoms with Gasteiger partial charge in [-0.25, -0.2) is 0 Å². The first kappa shape index (κ1) is 16.8. The summed E-state index contributed by atoms with van der Waals surface area (Å²) in [5.74, 6) is 0.565. The monoisotopic (exact) mass is 329 g/mol. The molecule has 4 N–H and O–H groups in total. The summed E-state index contributed by atoms with van der Waals surface area (Å²) in [6.45, 7) is 1.50. The van der Waals surface area contributed by atoms with E-state index in [1.54, 1.807) is 0 Å². The number of nitrogens with two attached hydrogens (primary N) is 1. The number of aromatic amines is 1. The first-order valence-electron chi connectivity index (χ1n) is 7.18. The van der Waals surface area contributed by atoms with Crippen LogP contribution in [0.25, 0.3) is 0 Å². The van der Waals surface area contributed by atoms with Gasteiger partial charge in [0.2, 0.25) is 5.82 Å². The summed E-state index contributed by atoms with van der Waals surface area (Å²) in [7, 11) is -3.65. The van der Waals surface area contributed by atoms with E-state index in [1.807, 2.05) is 5.32 Å². The van der Waals surface area contributed by atoms with Crippen molar-refractivity contribution in [1.82, 2.24) is 9.97 Å². The van der Waals surface area contributed by atoms with Gasteiger partial charge in [0, 0.05) is 6.21 Å². The average Bonchev–Trinajstić information content (AvgIpc) is 2.89. The molecule has 22 heavy (non-hydrogen) atoms. The van der Waals surface area contributed by atoms with Crippen LogP contribution in [0.15, 0.2) is 4.79 Å². The fourth-order valence-corrected chi connectivity index (χ4v) is 3.25. The Labute approximate surface area is 128 Å². The summed E-state index contributed by atoms with van der Waals surface area (Å²) < 4.78 is 27.2. The Kier molecular flexibility index (Phi) is 5.09. The van der Waals surface area contributed by atoms with Gasteiger partial charge in [-0.1, -0.05) is 0 Å². The molecule has 1 aromatic rings. The Morgan fingerprint density at radius 1 is 1.45 bits per heavy atom. The topological polar surface area (TPSA) is 130 Å². The number of nitrogens with zero attached hydrogens (tertiary/aromatic N) is 1. The highest BCUT2D eigenvalue weighted by atomic mass is 32.2. The average molecular weight is 329 g/mol. The second kappa shape index (κ2) is 6.67. The molecule has 122 valence electrons. The molecule has 0 aromatic carbocycles. The number of rotatable bonds is 6. The van der Waals surface area contributed by atoms with Crippen LogP contribution in [0.4, 0.5) is 5.82 Å². The van der Waals surface area contributed by atoms with Gasteiger partial charge in [-0.05, 0) is 32.6 Å². The van der Waals surface area contributed by atoms with Crippen LogP contribution in [-0.2, 0) is 14.3 Å². The minimum absolute atomic E-state index is 0.144. The van der Waals surface area contributed by atoms with Gasteiger partial charge in [-0.15, -0.1) is 0 Å². The third kappa shape index (κ3) is 4.21. The van der Waals surface area contributed by atoms with E-state index >= 15 is 0 Å². The Balaban J connectivity index is 2.34. The first-order chi connectivity index (χ1) is 10.3. The standard InChI is InChI=1S/C13H20N4O4S/c1-8(21-22(2,19)20)11-16-12(10(7-14)13(18)17-11)15-9-5-3-4-6-9/h7-9,14H,3-6H2,1-2H3,(H2,15,16,17,18)/p+1. The van der Waals surface area contributed by atoms with Crippen LogP contribution < -0.4 is 10.9 Å². The molecule has 1 atom stereocenters. The largest absolute Gasteiger partial charge is 0.308 e. The second-order valence-electron chi connectivity index (χ2n) is 5.55. The van der Waals surface area contributed by atoms with E-state index in [4.69, 9.17) is 9.59 Å². The molecule has 0 saturated heterocycles. The molecule has 1 heterocycles. The summed E-state index contributed by atoms with van der Waals surface area (Å²) in [5.41, 5.74) is -0.282. The number of hydrogen-bond acceptors (Lipinski definition) is 6. The van der Waals surface area contributed by atoms with Gasteiger partial charge in [0.25, 0.3) is 15.7 Å². The molecule has 0 spiro atoms. The fraction of sp³-hybridized carbons (Fsp3) is 0.615. The Bertz CT molecular complexity index is 707. The SMILES string of the molecule is CC(OS(C)(=O)=O)c1nc([NH2+]C2CCCC2)c(C=N)c(=O)[nH]1. The Morgan fingerprint density at radius 2 is 2.09 bits per heavy atom. The zero-order chi connectivity index (χ0) is 16.3. The maximum absolute atomic E-state index is 12.1. The van der Waals surface area contributed by atoms with Crippen LogP contribution in [-0.4, -0.2) is 36.9 Å². The maximum atomic E-state index is 12.1. The van der Waals surface area contributed by atoms with Crippen LogP contribution in [0.5, 0.6) is 0 Å². The number of quaternary nitrogens is 1. The van der Waals surface area contributed by atoms with Crippen molar-refractivity contribution in [2.75, 3.05) is 6.26 Å². The van der Waals surface area contributed by atoms with Crippen LogP contribution >= 0.6 is 0 Å². The van der Waals surface area contributed by atoms with E-state index in [1.165, 1.54) is 6.92 Å². The Morgan fingerprint density at radius 3 is 2.64 bits per heavy atom. The van der Waals surface area contributed by atoms with Gasteiger partial charge >= 0.3 is 0 Å². The lowest BCUT2D eigenvalue weighted by Gasteiger charge is -2.13. The smallest absolute Gasteiger partial charge is 0.266 e. The van der Waals surface area contributed by atoms with E-state index in [0.717, 1.165) is 38.2 Å². The van der Waals surface area contributed by atoms with E-state index in [2.05, 4.69) is 9.97 Å². The minimum Gasteiger partial charge on any atom is -0.308 e. The molecule has 1 fully saturated rings. The maximum Gasteiger partial charge on any atom is 0.266 e. The van der Waals surface area contributed by atoms with E-state index in [0.29, 0.717) is 11.9 Å². The summed E-state index contributed by atoms with van der Waals surface area (Å²) in [5, 5.41) is 9.29. The van der Waals surface area contributed by atoms with E-state index in [9.17, 15) is 13.2 Å². The lowest BCUT2D eigenvalue weighted by Crippen LogP contribution is -2.85. The third-order valence-corrected chi connectivity index (χ3v) is 4.28. The second-order valence-corrected chi connectivity index (χ2v) is 7.15. The quantitative estimate of drug-likeness (QED) is 0.497. The molecule has 0 aliphatic heterocycles. The highest BCUT2D eigenvalue weighted by molar-refractivity contribution is 7.86. The number of nitrogens with one attached hydrogen (secondary N) is 2. The molecule has 2 rings (SSSR count). The molecule has 0 amide bonds. The lowest BCUT2D eigenvalue weighted by atomic mass is 10.2. The molecule has 0 bridgehead atoms. The van der Waals surface area contributed by atoms with Crippen molar-refractivity contribution in [1.29, 1.82) is 5.41 Å². The van der Waals surface area contributed by atoms with Crippen molar-refractivity contribution in [3.8, 4) is 0 Å². The molecule has 1 saturated carbocycles. The fourth-order valence-electron chi connectivity index (χ4n) is 2.63. The zero-order valence-electron chi connectivity index (χ0n) is 12.6. The normalized spacial score (nSPS) is 17.5. The van der Waals surface area contributed by atoms with Gasteiger partial charge in [0.05, 0.1) is 12.3 Å². The van der Waals surface area contributed by atoms with Gasteiger partial charge in [0.15, 0.2) is 0 Å². The lowest BCUT2D eigenvalue weighted by molar-refractivity contribution is -0.613. The summed E-state index contributed by atoms with van der Waals surface area (Å²) >= 11 is 0. The summed E-state index contributed by atoms with van der Waals surface area (Å²) in [4.78, 5) is 18.9. The van der Waals surface area contributed by atoms with Crippen molar-refractivity contribution in [3.63, 3.8) is 0 Å². The molecule has 1 aromatic heterocycles. The minimum atomic E-state index is -3.65. The van der Waals surface area contributed by atoms with Gasteiger partial charge in [0.1, 0.15) is 17.5 Å². The zero-order valence-corrected chi connectivity index (χ0v) is 13.4. The highest BCUT2D eigenvalue weighted by Crippen LogP contribution is 2.17. The van der Waals surface area contributed by atoms with Crippen LogP contribution in [0.2, 0.25) is 0 Å². The van der Waals surface area contributed by atoms with Crippen LogP contribution in [0.3, 0.4) is 0 Å². The van der Waals surface area contributed by atoms with Crippen molar-refractivity contribution in [2.24, 2.45) is 0 Å². The molecule has 1 aliphatic rings. The van der Waals surface area contributed by atoms with E-state index in [-0.39, 0.29) is 11.4 Å². The van der Waals surface area contributed by atoms with Gasteiger partial charge < -0.3 is 10.4 Å². The van der Waals surface area contributed by atoms with Crippen molar-refractivity contribution >= 4 is 22.2 Å². The molecule has 8 nitrogen and oxygen atoms in total. The van der Waals surface area contributed by atoms with Gasteiger partial charge in [-0.2, -0.15) is 13.4 Å². The molecular formula is C13H21N4O4S+. The molecule has 9 heteroatoms. The van der Waals surface area contributed by atoms with E-state index < -0.39 is 21.8 Å². The van der Waals surface area contributed by atoms with Crippen LogP contribution in [0.1, 0.15) is 50.1 Å². The first-order valence-corrected chi connectivity index (χ1v) is 8.99. The predicted octanol–water partition coefficient (Wildman–Crippen LogP) is -0.0577. The molecule has 1 aliphatic carbocycles. The van der Waals surface area contributed by atoms with Crippen LogP contribution in [0, 0.1) is 5.41 Å². The van der Waals surface area contributed by atoms with Crippen molar-refractivity contribution in [3.05, 3.63) is 21.7 Å². The molecular weight excluding hydrogens is 308 g/mol. The number of H-pyrrole nitrogens is 1. The Hall–Kier alpha value is -1.58. The third-order valence-electron chi connectivity index (χ3n) is 3.65.